The average molecular weight is 350 g/mol. The van der Waals surface area contributed by atoms with Crippen molar-refractivity contribution in [3.8, 4) is 5.75 Å². The minimum atomic E-state index is -0.738. The van der Waals surface area contributed by atoms with E-state index in [4.69, 9.17) is 27.9 Å². The maximum Gasteiger partial charge on any atom is 0.266 e. The molecule has 118 valence electrons. The van der Waals surface area contributed by atoms with Crippen LogP contribution in [-0.4, -0.2) is 21.4 Å². The Bertz CT molecular complexity index is 830. The molecule has 1 unspecified atom stereocenters. The van der Waals surface area contributed by atoms with Crippen molar-refractivity contribution in [3.05, 3.63) is 58.8 Å². The van der Waals surface area contributed by atoms with Crippen LogP contribution in [0.15, 0.2) is 48.8 Å². The number of hydrogen-bond donors (Lipinski definition) is 1. The summed E-state index contributed by atoms with van der Waals surface area (Å²) in [5.74, 6) is 0.534. The summed E-state index contributed by atoms with van der Waals surface area (Å²) in [5.41, 5.74) is 0.747. The Kier molecular flexibility index (Phi) is 4.41. The standard InChI is InChI=1S/C16H13Cl2N3O2/c1-10(23-13-6-5-11(17)8-12(13)18)16(22)20-14-9-21-7-3-2-4-15(21)19-14/h2-10H,1H3,(H,20,22). The van der Waals surface area contributed by atoms with Crippen molar-refractivity contribution in [2.24, 2.45) is 0 Å². The van der Waals surface area contributed by atoms with Gasteiger partial charge >= 0.3 is 0 Å². The number of nitrogens with zero attached hydrogens (tertiary/aromatic N) is 2. The number of nitrogens with one attached hydrogen (secondary N) is 1. The van der Waals surface area contributed by atoms with Gasteiger partial charge in [0.05, 0.1) is 11.2 Å². The molecule has 23 heavy (non-hydrogen) atoms. The molecule has 0 fully saturated rings. The molecule has 7 heteroatoms. The second-order valence-electron chi connectivity index (χ2n) is 4.92. The van der Waals surface area contributed by atoms with E-state index in [1.807, 2.05) is 28.8 Å². The summed E-state index contributed by atoms with van der Waals surface area (Å²) in [6.45, 7) is 1.63. The minimum absolute atomic E-state index is 0.320. The van der Waals surface area contributed by atoms with Crippen molar-refractivity contribution < 1.29 is 9.53 Å². The van der Waals surface area contributed by atoms with Crippen molar-refractivity contribution in [1.29, 1.82) is 0 Å². The molecule has 0 aliphatic rings. The van der Waals surface area contributed by atoms with Crippen molar-refractivity contribution >= 4 is 40.6 Å². The van der Waals surface area contributed by atoms with Crippen LogP contribution in [-0.2, 0) is 4.79 Å². The van der Waals surface area contributed by atoms with Gasteiger partial charge in [0.2, 0.25) is 0 Å². The second-order valence-corrected chi connectivity index (χ2v) is 5.76. The molecular weight excluding hydrogens is 337 g/mol. The smallest absolute Gasteiger partial charge is 0.266 e. The third-order valence-corrected chi connectivity index (χ3v) is 3.71. The Morgan fingerprint density at radius 2 is 2.13 bits per heavy atom. The van der Waals surface area contributed by atoms with Gasteiger partial charge in [-0.05, 0) is 37.3 Å². The van der Waals surface area contributed by atoms with Crippen LogP contribution in [0.5, 0.6) is 5.75 Å². The van der Waals surface area contributed by atoms with E-state index in [2.05, 4.69) is 10.3 Å². The zero-order chi connectivity index (χ0) is 16.4. The van der Waals surface area contributed by atoms with Crippen molar-refractivity contribution in [1.82, 2.24) is 9.38 Å². The number of carbonyl (C=O) groups is 1. The highest BCUT2D eigenvalue weighted by molar-refractivity contribution is 6.35. The molecule has 1 N–H and O–H groups in total. The van der Waals surface area contributed by atoms with Crippen LogP contribution in [0.2, 0.25) is 10.0 Å². The van der Waals surface area contributed by atoms with E-state index in [0.717, 1.165) is 5.65 Å². The largest absolute Gasteiger partial charge is 0.479 e. The lowest BCUT2D eigenvalue weighted by Gasteiger charge is -2.14. The van der Waals surface area contributed by atoms with Crippen LogP contribution in [0, 0.1) is 0 Å². The van der Waals surface area contributed by atoms with Gasteiger partial charge in [-0.3, -0.25) is 4.79 Å². The molecule has 0 spiro atoms. The van der Waals surface area contributed by atoms with E-state index in [0.29, 0.717) is 21.6 Å². The lowest BCUT2D eigenvalue weighted by molar-refractivity contribution is -0.122. The normalized spacial score (nSPS) is 12.1. The first-order valence-electron chi connectivity index (χ1n) is 6.89. The molecule has 5 nitrogen and oxygen atoms in total. The number of aromatic nitrogens is 2. The summed E-state index contributed by atoms with van der Waals surface area (Å²) >= 11 is 11.9. The number of halogens is 2. The molecule has 1 aromatic carbocycles. The Hall–Kier alpha value is -2.24. The highest BCUT2D eigenvalue weighted by Crippen LogP contribution is 2.28. The van der Waals surface area contributed by atoms with Crippen molar-refractivity contribution in [2.75, 3.05) is 5.32 Å². The number of ether oxygens (including phenoxy) is 1. The maximum absolute atomic E-state index is 12.2. The number of fused-ring (bicyclic) bond motifs is 1. The monoisotopic (exact) mass is 349 g/mol. The topological polar surface area (TPSA) is 55.6 Å². The fourth-order valence-corrected chi connectivity index (χ4v) is 2.49. The van der Waals surface area contributed by atoms with Crippen LogP contribution in [0.4, 0.5) is 5.82 Å². The Balaban J connectivity index is 1.69. The first-order valence-corrected chi connectivity index (χ1v) is 7.65. The van der Waals surface area contributed by atoms with Crippen LogP contribution < -0.4 is 10.1 Å². The summed E-state index contributed by atoms with van der Waals surface area (Å²) in [6, 6.07) is 10.4. The van der Waals surface area contributed by atoms with Gasteiger partial charge in [0.1, 0.15) is 11.4 Å². The molecule has 2 aromatic heterocycles. The number of amides is 1. The third-order valence-electron chi connectivity index (χ3n) is 3.18. The third kappa shape index (κ3) is 3.57. The molecule has 0 aliphatic heterocycles. The summed E-state index contributed by atoms with van der Waals surface area (Å²) in [6.07, 6.45) is 2.85. The first kappa shape index (κ1) is 15.6. The quantitative estimate of drug-likeness (QED) is 0.772. The van der Waals surface area contributed by atoms with Crippen LogP contribution in [0.25, 0.3) is 5.65 Å². The van der Waals surface area contributed by atoms with Gasteiger partial charge in [-0.1, -0.05) is 29.3 Å². The van der Waals surface area contributed by atoms with E-state index >= 15 is 0 Å². The molecule has 1 amide bonds. The van der Waals surface area contributed by atoms with Crippen LogP contribution >= 0.6 is 23.2 Å². The van der Waals surface area contributed by atoms with Gasteiger partial charge in [-0.2, -0.15) is 0 Å². The highest BCUT2D eigenvalue weighted by atomic mass is 35.5. The number of benzene rings is 1. The Labute approximate surface area is 142 Å². The fraction of sp³-hybridized carbons (Fsp3) is 0.125. The van der Waals surface area contributed by atoms with E-state index in [9.17, 15) is 4.79 Å². The number of hydrogen-bond acceptors (Lipinski definition) is 3. The van der Waals surface area contributed by atoms with Gasteiger partial charge in [-0.15, -0.1) is 0 Å². The molecule has 0 aliphatic carbocycles. The van der Waals surface area contributed by atoms with Gasteiger partial charge in [0.15, 0.2) is 11.9 Å². The number of carbonyl (C=O) groups excluding carboxylic acids is 1. The Morgan fingerprint density at radius 1 is 1.30 bits per heavy atom. The average Bonchev–Trinajstić information content (AvgIpc) is 2.92. The molecule has 1 atom stereocenters. The highest BCUT2D eigenvalue weighted by Gasteiger charge is 2.17. The zero-order valence-corrected chi connectivity index (χ0v) is 13.7. The fourth-order valence-electron chi connectivity index (χ4n) is 2.04. The molecular formula is C16H13Cl2N3O2. The van der Waals surface area contributed by atoms with Gasteiger partial charge in [0.25, 0.3) is 5.91 Å². The second kappa shape index (κ2) is 6.48. The predicted molar refractivity (Wildman–Crippen MR) is 90.4 cm³/mol. The molecule has 0 saturated carbocycles. The van der Waals surface area contributed by atoms with Gasteiger partial charge < -0.3 is 14.5 Å². The first-order chi connectivity index (χ1) is 11.0. The number of pyridine rings is 1. The number of imidazole rings is 1. The van der Waals surface area contributed by atoms with E-state index in [1.165, 1.54) is 0 Å². The summed E-state index contributed by atoms with van der Waals surface area (Å²) in [7, 11) is 0. The SMILES string of the molecule is CC(Oc1ccc(Cl)cc1Cl)C(=O)Nc1cn2ccccc2n1. The van der Waals surface area contributed by atoms with Crippen LogP contribution in [0.1, 0.15) is 6.92 Å². The minimum Gasteiger partial charge on any atom is -0.479 e. The van der Waals surface area contributed by atoms with Crippen LogP contribution in [0.3, 0.4) is 0 Å². The number of anilines is 1. The predicted octanol–water partition coefficient (Wildman–Crippen LogP) is 4.05. The van der Waals surface area contributed by atoms with E-state index in [1.54, 1.807) is 31.3 Å². The number of rotatable bonds is 4. The van der Waals surface area contributed by atoms with Gasteiger partial charge in [0, 0.05) is 11.2 Å². The van der Waals surface area contributed by atoms with E-state index < -0.39 is 6.10 Å². The van der Waals surface area contributed by atoms with Crippen molar-refractivity contribution in [2.45, 2.75) is 13.0 Å². The maximum atomic E-state index is 12.2. The zero-order valence-electron chi connectivity index (χ0n) is 12.2. The molecule has 2 heterocycles. The molecule has 0 saturated heterocycles. The summed E-state index contributed by atoms with van der Waals surface area (Å²) in [5, 5.41) is 3.57. The molecule has 0 radical (unpaired) electrons. The summed E-state index contributed by atoms with van der Waals surface area (Å²) < 4.78 is 7.39. The lowest BCUT2D eigenvalue weighted by atomic mass is 10.3. The summed E-state index contributed by atoms with van der Waals surface area (Å²) in [4.78, 5) is 16.5. The molecule has 3 rings (SSSR count). The van der Waals surface area contributed by atoms with E-state index in [-0.39, 0.29) is 5.91 Å². The molecule has 0 bridgehead atoms. The lowest BCUT2D eigenvalue weighted by Crippen LogP contribution is -2.30. The Morgan fingerprint density at radius 3 is 2.87 bits per heavy atom. The van der Waals surface area contributed by atoms with Crippen molar-refractivity contribution in [3.63, 3.8) is 0 Å². The van der Waals surface area contributed by atoms with Gasteiger partial charge in [-0.25, -0.2) is 4.98 Å². The molecule has 3 aromatic rings.